The van der Waals surface area contributed by atoms with Crippen LogP contribution in [0.4, 0.5) is 4.79 Å². The topological polar surface area (TPSA) is 79.3 Å². The van der Waals surface area contributed by atoms with Crippen LogP contribution in [0.3, 0.4) is 0 Å². The molecule has 7 heteroatoms. The maximum atomic E-state index is 12.6. The fourth-order valence-corrected chi connectivity index (χ4v) is 3.99. The molecule has 1 aromatic rings. The number of likely N-dealkylation sites (tertiary alicyclic amines) is 1. The van der Waals surface area contributed by atoms with Crippen LogP contribution in [0.25, 0.3) is 0 Å². The molecule has 2 heterocycles. The molecule has 4 atom stereocenters. The molecule has 0 saturated carbocycles. The minimum Gasteiger partial charge on any atom is -0.481 e. The molecule has 0 aliphatic carbocycles. The number of hydrogen-bond donors (Lipinski definition) is 1. The molecule has 2 fully saturated rings. The molecular formula is C20H28N2O5. The van der Waals surface area contributed by atoms with Crippen LogP contribution >= 0.6 is 0 Å². The molecule has 0 unspecified atom stereocenters. The fourth-order valence-electron chi connectivity index (χ4n) is 3.99. The number of ether oxygens (including phenoxy) is 2. The van der Waals surface area contributed by atoms with E-state index in [1.54, 1.807) is 4.90 Å². The van der Waals surface area contributed by atoms with Crippen LogP contribution in [0, 0.1) is 5.92 Å². The van der Waals surface area contributed by atoms with Crippen LogP contribution in [-0.4, -0.2) is 71.4 Å². The number of carboxylic acid groups (broad SMARTS) is 1. The zero-order valence-electron chi connectivity index (χ0n) is 15.9. The zero-order chi connectivity index (χ0) is 19.4. The average Bonchev–Trinajstić information content (AvgIpc) is 2.65. The lowest BCUT2D eigenvalue weighted by molar-refractivity contribution is -0.145. The van der Waals surface area contributed by atoms with Crippen molar-refractivity contribution in [2.24, 2.45) is 5.92 Å². The zero-order valence-corrected chi connectivity index (χ0v) is 15.9. The minimum atomic E-state index is -0.866. The maximum absolute atomic E-state index is 12.6. The second-order valence-corrected chi connectivity index (χ2v) is 7.58. The van der Waals surface area contributed by atoms with Crippen LogP contribution in [0.15, 0.2) is 30.3 Å². The first-order valence-corrected chi connectivity index (χ1v) is 9.50. The van der Waals surface area contributed by atoms with E-state index in [0.29, 0.717) is 13.0 Å². The molecule has 27 heavy (non-hydrogen) atoms. The van der Waals surface area contributed by atoms with Crippen molar-refractivity contribution in [2.75, 3.05) is 26.2 Å². The summed E-state index contributed by atoms with van der Waals surface area (Å²) >= 11 is 0. The highest BCUT2D eigenvalue weighted by atomic mass is 16.6. The fraction of sp³-hybridized carbons (Fsp3) is 0.600. The van der Waals surface area contributed by atoms with Gasteiger partial charge in [0.1, 0.15) is 6.61 Å². The van der Waals surface area contributed by atoms with Crippen molar-refractivity contribution in [1.29, 1.82) is 0 Å². The highest BCUT2D eigenvalue weighted by Crippen LogP contribution is 2.25. The van der Waals surface area contributed by atoms with Crippen molar-refractivity contribution >= 4 is 12.1 Å². The molecule has 2 aliphatic heterocycles. The van der Waals surface area contributed by atoms with Gasteiger partial charge in [0.05, 0.1) is 18.1 Å². The van der Waals surface area contributed by atoms with Crippen LogP contribution < -0.4 is 0 Å². The molecule has 1 aromatic carbocycles. The standard InChI is InChI=1S/C20H28N2O5/c1-14-9-21(10-15(2)27-14)18-8-17(19(23)24)11-22(12-18)20(25)26-13-16-6-4-3-5-7-16/h3-7,14-15,17-18H,8-13H2,1-2H3,(H,23,24)/t14-,15+,17-,18+/m1/s1. The SMILES string of the molecule is C[C@@H]1CN([C@H]2C[C@@H](C(=O)O)CN(C(=O)OCc3ccccc3)C2)C[C@H](C)O1. The van der Waals surface area contributed by atoms with Crippen LogP contribution in [-0.2, 0) is 20.9 Å². The molecule has 148 valence electrons. The molecule has 2 aliphatic rings. The van der Waals surface area contributed by atoms with Crippen molar-refractivity contribution in [3.05, 3.63) is 35.9 Å². The first-order valence-electron chi connectivity index (χ1n) is 9.50. The van der Waals surface area contributed by atoms with Gasteiger partial charge in [0.15, 0.2) is 0 Å². The summed E-state index contributed by atoms with van der Waals surface area (Å²) in [7, 11) is 0. The van der Waals surface area contributed by atoms with E-state index in [4.69, 9.17) is 9.47 Å². The summed E-state index contributed by atoms with van der Waals surface area (Å²) in [6.07, 6.45) is 0.274. The van der Waals surface area contributed by atoms with E-state index in [2.05, 4.69) is 4.90 Å². The number of morpholine rings is 1. The number of piperidine rings is 1. The Kier molecular flexibility index (Phi) is 6.34. The first-order chi connectivity index (χ1) is 12.9. The first kappa shape index (κ1) is 19.6. The summed E-state index contributed by atoms with van der Waals surface area (Å²) in [4.78, 5) is 28.0. The monoisotopic (exact) mass is 376 g/mol. The lowest BCUT2D eigenvalue weighted by atomic mass is 9.92. The van der Waals surface area contributed by atoms with Gasteiger partial charge in [-0.1, -0.05) is 30.3 Å². The summed E-state index contributed by atoms with van der Waals surface area (Å²) in [6.45, 7) is 6.39. The Labute approximate surface area is 159 Å². The van der Waals surface area contributed by atoms with Gasteiger partial charge in [-0.05, 0) is 25.8 Å². The van der Waals surface area contributed by atoms with Gasteiger partial charge in [-0.3, -0.25) is 9.69 Å². The second-order valence-electron chi connectivity index (χ2n) is 7.58. The summed E-state index contributed by atoms with van der Waals surface area (Å²) in [5, 5.41) is 9.54. The van der Waals surface area contributed by atoms with Gasteiger partial charge < -0.3 is 19.5 Å². The van der Waals surface area contributed by atoms with Crippen LogP contribution in [0.5, 0.6) is 0 Å². The van der Waals surface area contributed by atoms with Gasteiger partial charge in [0, 0.05) is 32.2 Å². The number of amides is 1. The van der Waals surface area contributed by atoms with Crippen molar-refractivity contribution in [3.63, 3.8) is 0 Å². The molecule has 2 saturated heterocycles. The number of benzene rings is 1. The smallest absolute Gasteiger partial charge is 0.410 e. The van der Waals surface area contributed by atoms with Gasteiger partial charge in [0.25, 0.3) is 0 Å². The van der Waals surface area contributed by atoms with Crippen molar-refractivity contribution in [2.45, 2.75) is 45.1 Å². The van der Waals surface area contributed by atoms with E-state index < -0.39 is 18.0 Å². The highest BCUT2D eigenvalue weighted by Gasteiger charge is 2.39. The highest BCUT2D eigenvalue weighted by molar-refractivity contribution is 5.73. The van der Waals surface area contributed by atoms with Gasteiger partial charge in [0.2, 0.25) is 0 Å². The number of hydrogen-bond acceptors (Lipinski definition) is 5. The van der Waals surface area contributed by atoms with E-state index in [-0.39, 0.29) is 31.4 Å². The summed E-state index contributed by atoms with van der Waals surface area (Å²) in [5.74, 6) is -1.45. The number of rotatable bonds is 4. The molecule has 0 aromatic heterocycles. The van der Waals surface area contributed by atoms with Gasteiger partial charge in [-0.25, -0.2) is 4.79 Å². The van der Waals surface area contributed by atoms with Crippen molar-refractivity contribution in [3.8, 4) is 0 Å². The molecule has 1 amide bonds. The summed E-state index contributed by atoms with van der Waals surface area (Å²) in [6, 6.07) is 9.47. The Morgan fingerprint density at radius 3 is 2.41 bits per heavy atom. The van der Waals surface area contributed by atoms with E-state index >= 15 is 0 Å². The lowest BCUT2D eigenvalue weighted by Crippen LogP contribution is -2.58. The third-order valence-corrected chi connectivity index (χ3v) is 5.21. The van der Waals surface area contributed by atoms with E-state index in [1.165, 1.54) is 0 Å². The number of nitrogens with zero attached hydrogens (tertiary/aromatic N) is 2. The molecule has 3 rings (SSSR count). The van der Waals surface area contributed by atoms with E-state index in [0.717, 1.165) is 18.7 Å². The third-order valence-electron chi connectivity index (χ3n) is 5.21. The van der Waals surface area contributed by atoms with Crippen LogP contribution in [0.1, 0.15) is 25.8 Å². The molecule has 0 bridgehead atoms. The Hall–Kier alpha value is -2.12. The number of carbonyl (C=O) groups excluding carboxylic acids is 1. The quantitative estimate of drug-likeness (QED) is 0.868. The molecular weight excluding hydrogens is 348 g/mol. The van der Waals surface area contributed by atoms with Gasteiger partial charge >= 0.3 is 12.1 Å². The summed E-state index contributed by atoms with van der Waals surface area (Å²) in [5.41, 5.74) is 0.907. The van der Waals surface area contributed by atoms with E-state index in [9.17, 15) is 14.7 Å². The number of carboxylic acids is 1. The predicted molar refractivity (Wildman–Crippen MR) is 99.3 cm³/mol. The lowest BCUT2D eigenvalue weighted by Gasteiger charge is -2.45. The molecule has 0 spiro atoms. The van der Waals surface area contributed by atoms with Gasteiger partial charge in [-0.15, -0.1) is 0 Å². The number of carbonyl (C=O) groups is 2. The van der Waals surface area contributed by atoms with E-state index in [1.807, 2.05) is 44.2 Å². The Bertz CT molecular complexity index is 643. The number of aliphatic carboxylic acids is 1. The Balaban J connectivity index is 1.65. The average molecular weight is 376 g/mol. The third kappa shape index (κ3) is 5.20. The second kappa shape index (κ2) is 8.71. The summed E-state index contributed by atoms with van der Waals surface area (Å²) < 4.78 is 11.2. The van der Waals surface area contributed by atoms with Gasteiger partial charge in [-0.2, -0.15) is 0 Å². The normalized spacial score (nSPS) is 29.3. The van der Waals surface area contributed by atoms with Crippen LogP contribution in [0.2, 0.25) is 0 Å². The predicted octanol–water partition coefficient (Wildman–Crippen LogP) is 2.21. The van der Waals surface area contributed by atoms with Crippen molar-refractivity contribution in [1.82, 2.24) is 9.80 Å². The Morgan fingerprint density at radius 2 is 1.78 bits per heavy atom. The molecule has 7 nitrogen and oxygen atoms in total. The molecule has 0 radical (unpaired) electrons. The maximum Gasteiger partial charge on any atom is 0.410 e. The largest absolute Gasteiger partial charge is 0.481 e. The molecule has 1 N–H and O–H groups in total. The van der Waals surface area contributed by atoms with Crippen molar-refractivity contribution < 1.29 is 24.2 Å². The Morgan fingerprint density at radius 1 is 1.11 bits per heavy atom. The minimum absolute atomic E-state index is 0.00192.